The molecule has 1 fully saturated rings. The maximum absolute atomic E-state index is 9.03. The third-order valence-electron chi connectivity index (χ3n) is 2.91. The monoisotopic (exact) mass is 243 g/mol. The molecule has 0 aliphatic heterocycles. The number of rotatable bonds is 6. The van der Waals surface area contributed by atoms with E-state index in [1.165, 1.54) is 30.6 Å². The Morgan fingerprint density at radius 2 is 2.31 bits per heavy atom. The van der Waals surface area contributed by atoms with E-state index in [0.29, 0.717) is 17.7 Å². The lowest BCUT2D eigenvalue weighted by Crippen LogP contribution is -2.41. The number of aliphatic hydroxyl groups is 1. The van der Waals surface area contributed by atoms with E-state index >= 15 is 0 Å². The molecule has 0 radical (unpaired) electrons. The molecule has 1 heterocycles. The number of nitrogens with one attached hydrogen (secondary N) is 1. The van der Waals surface area contributed by atoms with Crippen LogP contribution >= 0.6 is 11.3 Å². The molecule has 1 saturated carbocycles. The van der Waals surface area contributed by atoms with Crippen molar-refractivity contribution in [2.75, 3.05) is 18.6 Å². The highest BCUT2D eigenvalue weighted by molar-refractivity contribution is 7.15. The van der Waals surface area contributed by atoms with Gasteiger partial charge >= 0.3 is 0 Å². The van der Waals surface area contributed by atoms with Crippen LogP contribution in [0.2, 0.25) is 0 Å². The summed E-state index contributed by atoms with van der Waals surface area (Å²) in [5.41, 5.74) is 2.49. The fourth-order valence-electron chi connectivity index (χ4n) is 1.82. The highest BCUT2D eigenvalue weighted by Gasteiger charge is 2.25. The molecule has 1 aliphatic rings. The minimum Gasteiger partial charge on any atom is -0.395 e. The molecule has 1 aromatic heterocycles. The van der Waals surface area contributed by atoms with E-state index in [-0.39, 0.29) is 6.61 Å². The fourth-order valence-corrected chi connectivity index (χ4v) is 2.50. The summed E-state index contributed by atoms with van der Waals surface area (Å²) in [6.07, 6.45) is 3.74. The number of hydrogen-bond acceptors (Lipinski definition) is 7. The Hall–Kier alpha value is -0.760. The molecule has 16 heavy (non-hydrogen) atoms. The third kappa shape index (κ3) is 2.67. The second-order valence-electron chi connectivity index (χ2n) is 3.92. The molecule has 0 spiro atoms. The summed E-state index contributed by atoms with van der Waals surface area (Å²) in [5, 5.41) is 18.5. The standard InChI is InChI=1S/C9H17N5OS/c10-11-9-13-12-8(16-9)6-14(4-5-15)7-2-1-3-7/h7,15H,1-6,10H2,(H,11,13). The smallest absolute Gasteiger partial charge is 0.219 e. The van der Waals surface area contributed by atoms with Crippen LogP contribution in [0.1, 0.15) is 24.3 Å². The first-order valence-corrected chi connectivity index (χ1v) is 6.29. The number of aromatic nitrogens is 2. The van der Waals surface area contributed by atoms with Gasteiger partial charge in [0.15, 0.2) is 0 Å². The first-order valence-electron chi connectivity index (χ1n) is 5.47. The molecule has 6 nitrogen and oxygen atoms in total. The fraction of sp³-hybridized carbons (Fsp3) is 0.778. The van der Waals surface area contributed by atoms with Gasteiger partial charge in [-0.2, -0.15) is 0 Å². The average molecular weight is 243 g/mol. The zero-order valence-corrected chi connectivity index (χ0v) is 9.91. The molecule has 0 aromatic carbocycles. The summed E-state index contributed by atoms with van der Waals surface area (Å²) in [7, 11) is 0. The van der Waals surface area contributed by atoms with Gasteiger partial charge in [-0.15, -0.1) is 10.2 Å². The number of anilines is 1. The molecule has 1 aliphatic carbocycles. The Kier molecular flexibility index (Phi) is 4.05. The maximum Gasteiger partial charge on any atom is 0.219 e. The molecule has 2 rings (SSSR count). The second kappa shape index (κ2) is 5.53. The van der Waals surface area contributed by atoms with Crippen LogP contribution in [-0.2, 0) is 6.54 Å². The van der Waals surface area contributed by atoms with Crippen LogP contribution in [-0.4, -0.2) is 39.4 Å². The van der Waals surface area contributed by atoms with Crippen LogP contribution in [0.3, 0.4) is 0 Å². The predicted octanol–water partition coefficient (Wildman–Crippen LogP) is 0.170. The Balaban J connectivity index is 1.93. The highest BCUT2D eigenvalue weighted by atomic mass is 32.1. The number of nitrogens with zero attached hydrogens (tertiary/aromatic N) is 3. The molecule has 90 valence electrons. The van der Waals surface area contributed by atoms with Crippen molar-refractivity contribution in [3.8, 4) is 0 Å². The molecule has 0 amide bonds. The minimum absolute atomic E-state index is 0.192. The largest absolute Gasteiger partial charge is 0.395 e. The SMILES string of the molecule is NNc1nnc(CN(CCO)C2CCC2)s1. The van der Waals surface area contributed by atoms with Gasteiger partial charge in [0, 0.05) is 12.6 Å². The van der Waals surface area contributed by atoms with Gasteiger partial charge in [0.25, 0.3) is 0 Å². The van der Waals surface area contributed by atoms with Crippen LogP contribution in [0.4, 0.5) is 5.13 Å². The van der Waals surface area contributed by atoms with Crippen molar-refractivity contribution in [1.82, 2.24) is 15.1 Å². The Labute approximate surface area is 98.4 Å². The normalized spacial score (nSPS) is 16.4. The van der Waals surface area contributed by atoms with Crippen LogP contribution in [0.15, 0.2) is 0 Å². The lowest BCUT2D eigenvalue weighted by molar-refractivity contribution is 0.0943. The van der Waals surface area contributed by atoms with Crippen LogP contribution in [0, 0.1) is 0 Å². The minimum atomic E-state index is 0.192. The van der Waals surface area contributed by atoms with E-state index in [9.17, 15) is 0 Å². The molecule has 0 atom stereocenters. The van der Waals surface area contributed by atoms with E-state index in [2.05, 4.69) is 20.5 Å². The lowest BCUT2D eigenvalue weighted by Gasteiger charge is -2.36. The lowest BCUT2D eigenvalue weighted by atomic mass is 9.91. The first kappa shape index (κ1) is 11.7. The van der Waals surface area contributed by atoms with Crippen molar-refractivity contribution in [2.45, 2.75) is 31.8 Å². The number of nitrogen functional groups attached to an aromatic ring is 1. The summed E-state index contributed by atoms with van der Waals surface area (Å²) in [4.78, 5) is 2.27. The van der Waals surface area contributed by atoms with Crippen molar-refractivity contribution in [2.24, 2.45) is 5.84 Å². The zero-order valence-electron chi connectivity index (χ0n) is 9.09. The van der Waals surface area contributed by atoms with Crippen molar-refractivity contribution in [1.29, 1.82) is 0 Å². The summed E-state index contributed by atoms with van der Waals surface area (Å²) in [5.74, 6) is 5.25. The quantitative estimate of drug-likeness (QED) is 0.488. The van der Waals surface area contributed by atoms with Gasteiger partial charge in [-0.05, 0) is 12.8 Å². The van der Waals surface area contributed by atoms with Gasteiger partial charge in [0.2, 0.25) is 5.13 Å². The highest BCUT2D eigenvalue weighted by Crippen LogP contribution is 2.26. The van der Waals surface area contributed by atoms with Crippen LogP contribution in [0.5, 0.6) is 0 Å². The average Bonchev–Trinajstić information content (AvgIpc) is 2.63. The van der Waals surface area contributed by atoms with Crippen molar-refractivity contribution in [3.63, 3.8) is 0 Å². The number of hydrazine groups is 1. The maximum atomic E-state index is 9.03. The summed E-state index contributed by atoms with van der Waals surface area (Å²) in [6, 6.07) is 0.602. The second-order valence-corrected chi connectivity index (χ2v) is 4.99. The molecule has 0 bridgehead atoms. The summed E-state index contributed by atoms with van der Waals surface area (Å²) in [6.45, 7) is 1.65. The number of hydrogen-bond donors (Lipinski definition) is 3. The van der Waals surface area contributed by atoms with E-state index in [1.807, 2.05) is 0 Å². The molecular formula is C9H17N5OS. The van der Waals surface area contributed by atoms with Crippen molar-refractivity contribution < 1.29 is 5.11 Å². The summed E-state index contributed by atoms with van der Waals surface area (Å²) >= 11 is 1.46. The predicted molar refractivity (Wildman–Crippen MR) is 62.9 cm³/mol. The van der Waals surface area contributed by atoms with Crippen molar-refractivity contribution >= 4 is 16.5 Å². The topological polar surface area (TPSA) is 87.3 Å². The molecule has 0 saturated heterocycles. The molecule has 1 aromatic rings. The Morgan fingerprint density at radius 3 is 2.81 bits per heavy atom. The van der Waals surface area contributed by atoms with Gasteiger partial charge < -0.3 is 5.11 Å². The molecule has 4 N–H and O–H groups in total. The molecule has 7 heteroatoms. The van der Waals surface area contributed by atoms with Crippen LogP contribution in [0.25, 0.3) is 0 Å². The van der Waals surface area contributed by atoms with Gasteiger partial charge in [-0.25, -0.2) is 5.84 Å². The van der Waals surface area contributed by atoms with E-state index in [4.69, 9.17) is 10.9 Å². The van der Waals surface area contributed by atoms with Gasteiger partial charge in [-0.1, -0.05) is 17.8 Å². The molecular weight excluding hydrogens is 226 g/mol. The Morgan fingerprint density at radius 1 is 1.50 bits per heavy atom. The Bertz CT molecular complexity index is 327. The van der Waals surface area contributed by atoms with Crippen LogP contribution < -0.4 is 11.3 Å². The van der Waals surface area contributed by atoms with Gasteiger partial charge in [-0.3, -0.25) is 10.3 Å². The van der Waals surface area contributed by atoms with E-state index in [0.717, 1.165) is 11.6 Å². The molecule has 0 unspecified atom stereocenters. The number of nitrogens with two attached hydrogens (primary N) is 1. The van der Waals surface area contributed by atoms with Gasteiger partial charge in [0.05, 0.1) is 13.2 Å². The summed E-state index contributed by atoms with van der Waals surface area (Å²) < 4.78 is 0. The first-order chi connectivity index (χ1) is 7.83. The van der Waals surface area contributed by atoms with E-state index in [1.54, 1.807) is 0 Å². The van der Waals surface area contributed by atoms with E-state index < -0.39 is 0 Å². The zero-order chi connectivity index (χ0) is 11.4. The third-order valence-corrected chi connectivity index (χ3v) is 3.75. The van der Waals surface area contributed by atoms with Gasteiger partial charge in [0.1, 0.15) is 5.01 Å². The number of aliphatic hydroxyl groups excluding tert-OH is 1. The van der Waals surface area contributed by atoms with Crippen molar-refractivity contribution in [3.05, 3.63) is 5.01 Å².